The Hall–Kier alpha value is -1.12. The average molecular weight is 139 g/mol. The summed E-state index contributed by atoms with van der Waals surface area (Å²) in [7, 11) is 0. The molecule has 0 fully saturated rings. The zero-order valence-corrected chi connectivity index (χ0v) is 5.67. The number of hydrogen-bond donors (Lipinski definition) is 0. The fourth-order valence-corrected chi connectivity index (χ4v) is 0.749. The summed E-state index contributed by atoms with van der Waals surface area (Å²) >= 11 is 0. The predicted molar refractivity (Wildman–Crippen MR) is 37.6 cm³/mol. The highest BCUT2D eigenvalue weighted by Crippen LogP contribution is 2.07. The van der Waals surface area contributed by atoms with Gasteiger partial charge in [-0.25, -0.2) is 4.79 Å². The molecule has 0 unspecified atom stereocenters. The van der Waals surface area contributed by atoms with Gasteiger partial charge in [-0.1, -0.05) is 11.2 Å². The molecule has 0 saturated heterocycles. The molecular formula is C7H9NO2. The van der Waals surface area contributed by atoms with Crippen molar-refractivity contribution in [1.82, 2.24) is 0 Å². The number of carbonyl (C=O) groups is 1. The highest BCUT2D eigenvalue weighted by molar-refractivity contribution is 6.01. The number of allylic oxidation sites excluding steroid dienone is 1. The van der Waals surface area contributed by atoms with Crippen molar-refractivity contribution >= 4 is 11.7 Å². The molecule has 1 aliphatic rings. The summed E-state index contributed by atoms with van der Waals surface area (Å²) in [5.74, 6) is -0.251. The maximum Gasteiger partial charge on any atom is 0.340 e. The largest absolute Gasteiger partial charge is 0.340 e. The zero-order valence-electron chi connectivity index (χ0n) is 5.67. The third-order valence-electron chi connectivity index (χ3n) is 1.26. The maximum atomic E-state index is 10.5. The summed E-state index contributed by atoms with van der Waals surface area (Å²) in [4.78, 5) is 14.8. The molecule has 0 N–H and O–H groups in total. The first kappa shape index (κ1) is 6.99. The molecule has 0 saturated carbocycles. The molecule has 54 valence electrons. The van der Waals surface area contributed by atoms with Gasteiger partial charge in [0.05, 0.1) is 12.1 Å². The van der Waals surface area contributed by atoms with E-state index >= 15 is 0 Å². The molecule has 10 heavy (non-hydrogen) atoms. The fraction of sp³-hybridized carbons (Fsp3) is 0.429. The zero-order chi connectivity index (χ0) is 7.40. The predicted octanol–water partition coefficient (Wildman–Crippen LogP) is 1.26. The lowest BCUT2D eigenvalue weighted by atomic mass is 10.1. The maximum absolute atomic E-state index is 10.5. The van der Waals surface area contributed by atoms with Crippen molar-refractivity contribution in [3.63, 3.8) is 0 Å². The van der Waals surface area contributed by atoms with Gasteiger partial charge in [-0.2, -0.15) is 0 Å². The minimum atomic E-state index is -0.251. The lowest BCUT2D eigenvalue weighted by Crippen LogP contribution is -1.97. The first-order valence-electron chi connectivity index (χ1n) is 3.19. The van der Waals surface area contributed by atoms with Crippen LogP contribution in [-0.4, -0.2) is 11.7 Å². The van der Waals surface area contributed by atoms with Gasteiger partial charge < -0.3 is 4.84 Å². The smallest absolute Gasteiger partial charge is 0.318 e. The van der Waals surface area contributed by atoms with Crippen LogP contribution in [0.25, 0.3) is 0 Å². The first-order chi connectivity index (χ1) is 4.83. The van der Waals surface area contributed by atoms with Gasteiger partial charge in [0.2, 0.25) is 0 Å². The van der Waals surface area contributed by atoms with Gasteiger partial charge in [-0.15, -0.1) is 6.58 Å². The quantitative estimate of drug-likeness (QED) is 0.436. The molecule has 0 amide bonds. The second-order valence-electron chi connectivity index (χ2n) is 2.12. The number of rotatable bonds is 3. The minimum absolute atomic E-state index is 0.251. The summed E-state index contributed by atoms with van der Waals surface area (Å²) in [6.45, 7) is 3.56. The van der Waals surface area contributed by atoms with Crippen molar-refractivity contribution in [3.05, 3.63) is 12.7 Å². The molecule has 0 aromatic heterocycles. The number of hydrogen-bond acceptors (Lipinski definition) is 3. The van der Waals surface area contributed by atoms with Crippen molar-refractivity contribution in [3.8, 4) is 0 Å². The van der Waals surface area contributed by atoms with Crippen LogP contribution in [0.4, 0.5) is 0 Å². The lowest BCUT2D eigenvalue weighted by Gasteiger charge is -1.88. The molecule has 3 nitrogen and oxygen atoms in total. The van der Waals surface area contributed by atoms with E-state index in [0.717, 1.165) is 18.6 Å². The number of nitrogens with zero attached hydrogens (tertiary/aromatic N) is 1. The first-order valence-corrected chi connectivity index (χ1v) is 3.19. The highest BCUT2D eigenvalue weighted by Gasteiger charge is 2.15. The van der Waals surface area contributed by atoms with Gasteiger partial charge in [0.1, 0.15) is 0 Å². The van der Waals surface area contributed by atoms with Gasteiger partial charge in [0.25, 0.3) is 0 Å². The summed E-state index contributed by atoms with van der Waals surface area (Å²) in [5.41, 5.74) is 0.824. The van der Waals surface area contributed by atoms with E-state index in [-0.39, 0.29) is 5.97 Å². The van der Waals surface area contributed by atoms with Crippen LogP contribution in [0.5, 0.6) is 0 Å². The van der Waals surface area contributed by atoms with Crippen molar-refractivity contribution in [2.45, 2.75) is 19.3 Å². The third-order valence-corrected chi connectivity index (χ3v) is 1.26. The Morgan fingerprint density at radius 1 is 1.80 bits per heavy atom. The SMILES string of the molecule is C=CCCC1=NOC(=O)C1. The normalized spacial score (nSPS) is 16.4. The van der Waals surface area contributed by atoms with Crippen LogP contribution >= 0.6 is 0 Å². The Labute approximate surface area is 59.4 Å². The molecule has 0 aromatic carbocycles. The Bertz CT molecular complexity index is 184. The Balaban J connectivity index is 2.29. The van der Waals surface area contributed by atoms with E-state index in [2.05, 4.69) is 16.6 Å². The monoisotopic (exact) mass is 139 g/mol. The molecule has 3 heteroatoms. The van der Waals surface area contributed by atoms with Gasteiger partial charge in [0, 0.05) is 0 Å². The third kappa shape index (κ3) is 1.69. The summed E-state index contributed by atoms with van der Waals surface area (Å²) in [6.07, 6.45) is 3.80. The second kappa shape index (κ2) is 3.15. The Kier molecular flexibility index (Phi) is 2.20. The highest BCUT2D eigenvalue weighted by atomic mass is 16.7. The van der Waals surface area contributed by atoms with Crippen LogP contribution in [0.2, 0.25) is 0 Å². The fourth-order valence-electron chi connectivity index (χ4n) is 0.749. The molecule has 1 heterocycles. The topological polar surface area (TPSA) is 38.7 Å². The molecule has 0 spiro atoms. The van der Waals surface area contributed by atoms with Crippen LogP contribution < -0.4 is 0 Å². The summed E-state index contributed by atoms with van der Waals surface area (Å²) < 4.78 is 0. The second-order valence-corrected chi connectivity index (χ2v) is 2.12. The molecule has 1 aliphatic heterocycles. The lowest BCUT2D eigenvalue weighted by molar-refractivity contribution is -0.140. The van der Waals surface area contributed by atoms with Gasteiger partial charge in [0.15, 0.2) is 0 Å². The molecule has 0 aliphatic carbocycles. The van der Waals surface area contributed by atoms with Gasteiger partial charge in [-0.05, 0) is 12.8 Å². The van der Waals surface area contributed by atoms with Gasteiger partial charge in [-0.3, -0.25) is 0 Å². The Morgan fingerprint density at radius 3 is 3.10 bits per heavy atom. The molecule has 1 rings (SSSR count). The number of carbonyl (C=O) groups excluding carboxylic acids is 1. The molecule has 0 aromatic rings. The van der Waals surface area contributed by atoms with Crippen molar-refractivity contribution in [1.29, 1.82) is 0 Å². The van der Waals surface area contributed by atoms with E-state index in [9.17, 15) is 4.79 Å². The number of oxime groups is 1. The van der Waals surface area contributed by atoms with E-state index in [0.29, 0.717) is 6.42 Å². The Morgan fingerprint density at radius 2 is 2.60 bits per heavy atom. The van der Waals surface area contributed by atoms with Crippen molar-refractivity contribution in [2.24, 2.45) is 5.16 Å². The van der Waals surface area contributed by atoms with E-state index in [4.69, 9.17) is 0 Å². The van der Waals surface area contributed by atoms with Crippen LogP contribution in [0.3, 0.4) is 0 Å². The molecule has 0 atom stereocenters. The van der Waals surface area contributed by atoms with Crippen LogP contribution in [-0.2, 0) is 9.63 Å². The molecule has 0 bridgehead atoms. The summed E-state index contributed by atoms with van der Waals surface area (Å²) in [5, 5.41) is 3.57. The van der Waals surface area contributed by atoms with E-state index in [1.165, 1.54) is 0 Å². The van der Waals surface area contributed by atoms with E-state index in [1.807, 2.05) is 0 Å². The van der Waals surface area contributed by atoms with Crippen molar-refractivity contribution < 1.29 is 9.63 Å². The standard InChI is InChI=1S/C7H9NO2/c1-2-3-4-6-5-7(9)10-8-6/h2H,1,3-5H2. The van der Waals surface area contributed by atoms with E-state index < -0.39 is 0 Å². The molecular weight excluding hydrogens is 130 g/mol. The average Bonchev–Trinajstić information content (AvgIpc) is 2.31. The van der Waals surface area contributed by atoms with Gasteiger partial charge >= 0.3 is 5.97 Å². The molecule has 0 radical (unpaired) electrons. The van der Waals surface area contributed by atoms with Crippen molar-refractivity contribution in [2.75, 3.05) is 0 Å². The minimum Gasteiger partial charge on any atom is -0.318 e. The van der Waals surface area contributed by atoms with E-state index in [1.54, 1.807) is 6.08 Å². The van der Waals surface area contributed by atoms with Crippen LogP contribution in [0, 0.1) is 0 Å². The summed E-state index contributed by atoms with van der Waals surface area (Å²) in [6, 6.07) is 0. The van der Waals surface area contributed by atoms with Crippen LogP contribution in [0.15, 0.2) is 17.8 Å². The van der Waals surface area contributed by atoms with Crippen LogP contribution in [0.1, 0.15) is 19.3 Å².